The number of alkyl halides is 3. The minimum Gasteiger partial charge on any atom is -0.325 e. The molecule has 0 spiro atoms. The predicted molar refractivity (Wildman–Crippen MR) is 95.3 cm³/mol. The van der Waals surface area contributed by atoms with E-state index in [2.05, 4.69) is 15.5 Å². The molecule has 26 heavy (non-hydrogen) atoms. The second-order valence-corrected chi connectivity index (χ2v) is 7.32. The maximum absolute atomic E-state index is 12.7. The van der Waals surface area contributed by atoms with Crippen molar-refractivity contribution in [3.8, 4) is 0 Å². The molecular formula is C17H21F3N4OS. The zero-order valence-electron chi connectivity index (χ0n) is 15.0. The van der Waals surface area contributed by atoms with Crippen LogP contribution in [0.25, 0.3) is 0 Å². The molecule has 1 aromatic carbocycles. The third-order valence-electron chi connectivity index (χ3n) is 3.53. The van der Waals surface area contributed by atoms with Gasteiger partial charge in [0.2, 0.25) is 5.91 Å². The van der Waals surface area contributed by atoms with E-state index in [0.29, 0.717) is 5.16 Å². The molecule has 0 aliphatic heterocycles. The van der Waals surface area contributed by atoms with E-state index in [1.54, 1.807) is 0 Å². The average Bonchev–Trinajstić information content (AvgIpc) is 2.97. The second-order valence-electron chi connectivity index (χ2n) is 6.37. The molecule has 142 valence electrons. The van der Waals surface area contributed by atoms with Crippen molar-refractivity contribution in [1.82, 2.24) is 14.8 Å². The van der Waals surface area contributed by atoms with Gasteiger partial charge in [-0.1, -0.05) is 31.7 Å². The first-order chi connectivity index (χ1) is 12.1. The van der Waals surface area contributed by atoms with Crippen molar-refractivity contribution < 1.29 is 18.0 Å². The highest BCUT2D eigenvalue weighted by Crippen LogP contribution is 2.31. The number of aromatic nitrogens is 3. The van der Waals surface area contributed by atoms with Crippen LogP contribution in [0.3, 0.4) is 0 Å². The van der Waals surface area contributed by atoms with Gasteiger partial charge in [-0.15, -0.1) is 10.2 Å². The Balaban J connectivity index is 2.04. The summed E-state index contributed by atoms with van der Waals surface area (Å²) in [7, 11) is 0. The Morgan fingerprint density at radius 1 is 1.23 bits per heavy atom. The molecule has 0 bridgehead atoms. The summed E-state index contributed by atoms with van der Waals surface area (Å²) < 4.78 is 40.1. The van der Waals surface area contributed by atoms with Gasteiger partial charge >= 0.3 is 6.18 Å². The van der Waals surface area contributed by atoms with Crippen molar-refractivity contribution in [2.24, 2.45) is 0 Å². The third-order valence-corrected chi connectivity index (χ3v) is 4.47. The van der Waals surface area contributed by atoms with Crippen LogP contribution >= 0.6 is 11.8 Å². The zero-order valence-corrected chi connectivity index (χ0v) is 15.8. The summed E-state index contributed by atoms with van der Waals surface area (Å²) in [6.45, 7) is 8.03. The van der Waals surface area contributed by atoms with Crippen LogP contribution in [0.15, 0.2) is 29.4 Å². The Morgan fingerprint density at radius 2 is 1.92 bits per heavy atom. The molecule has 0 unspecified atom stereocenters. The Morgan fingerprint density at radius 3 is 2.50 bits per heavy atom. The van der Waals surface area contributed by atoms with Crippen molar-refractivity contribution in [3.63, 3.8) is 0 Å². The van der Waals surface area contributed by atoms with Gasteiger partial charge in [0.1, 0.15) is 5.82 Å². The van der Waals surface area contributed by atoms with E-state index >= 15 is 0 Å². The van der Waals surface area contributed by atoms with Crippen LogP contribution in [0, 0.1) is 0 Å². The lowest BCUT2D eigenvalue weighted by Gasteiger charge is -2.15. The van der Waals surface area contributed by atoms with Crippen molar-refractivity contribution in [3.05, 3.63) is 35.7 Å². The largest absolute Gasteiger partial charge is 0.416 e. The number of nitrogens with zero attached hydrogens (tertiary/aromatic N) is 3. The van der Waals surface area contributed by atoms with Gasteiger partial charge in [0.25, 0.3) is 0 Å². The predicted octanol–water partition coefficient (Wildman–Crippen LogP) is 4.73. The number of amides is 1. The maximum Gasteiger partial charge on any atom is 0.416 e. The van der Waals surface area contributed by atoms with Gasteiger partial charge in [-0.25, -0.2) is 0 Å². The number of rotatable bonds is 6. The second kappa shape index (κ2) is 8.11. The van der Waals surface area contributed by atoms with E-state index in [1.807, 2.05) is 32.3 Å². The van der Waals surface area contributed by atoms with Crippen LogP contribution in [-0.2, 0) is 11.0 Å². The summed E-state index contributed by atoms with van der Waals surface area (Å²) in [5.41, 5.74) is -0.692. The number of hydrogen-bond acceptors (Lipinski definition) is 4. The topological polar surface area (TPSA) is 59.8 Å². The van der Waals surface area contributed by atoms with E-state index < -0.39 is 17.6 Å². The molecule has 9 heteroatoms. The highest BCUT2D eigenvalue weighted by atomic mass is 32.2. The Hall–Kier alpha value is -2.03. The Bertz CT molecular complexity index is 772. The van der Waals surface area contributed by atoms with Crippen LogP contribution in [0.5, 0.6) is 0 Å². The summed E-state index contributed by atoms with van der Waals surface area (Å²) >= 11 is 1.21. The Labute approximate surface area is 154 Å². The molecule has 1 aromatic heterocycles. The lowest BCUT2D eigenvalue weighted by atomic mass is 10.2. The van der Waals surface area contributed by atoms with E-state index in [1.165, 1.54) is 23.9 Å². The van der Waals surface area contributed by atoms with Crippen LogP contribution < -0.4 is 5.32 Å². The quantitative estimate of drug-likeness (QED) is 0.729. The van der Waals surface area contributed by atoms with Crippen molar-refractivity contribution >= 4 is 23.4 Å². The van der Waals surface area contributed by atoms with Crippen molar-refractivity contribution in [2.45, 2.75) is 51.0 Å². The van der Waals surface area contributed by atoms with Gasteiger partial charge in [-0.2, -0.15) is 13.2 Å². The van der Waals surface area contributed by atoms with Gasteiger partial charge in [0.15, 0.2) is 5.16 Å². The van der Waals surface area contributed by atoms with Crippen molar-refractivity contribution in [2.75, 3.05) is 11.1 Å². The first-order valence-corrected chi connectivity index (χ1v) is 9.13. The smallest absolute Gasteiger partial charge is 0.325 e. The van der Waals surface area contributed by atoms with Crippen molar-refractivity contribution in [1.29, 1.82) is 0 Å². The number of carbonyl (C=O) groups is 1. The molecule has 1 heterocycles. The fourth-order valence-electron chi connectivity index (χ4n) is 2.37. The molecule has 0 saturated heterocycles. The monoisotopic (exact) mass is 386 g/mol. The fraction of sp³-hybridized carbons (Fsp3) is 0.471. The van der Waals surface area contributed by atoms with E-state index in [9.17, 15) is 18.0 Å². The van der Waals surface area contributed by atoms with Crippen LogP contribution in [0.1, 0.15) is 51.0 Å². The molecule has 2 rings (SSSR count). The number of carbonyl (C=O) groups excluding carboxylic acids is 1. The lowest BCUT2D eigenvalue weighted by Crippen LogP contribution is -2.16. The molecule has 0 radical (unpaired) electrons. The molecule has 0 aliphatic rings. The molecule has 0 atom stereocenters. The molecule has 0 fully saturated rings. The van der Waals surface area contributed by atoms with Gasteiger partial charge in [0.05, 0.1) is 11.3 Å². The first-order valence-electron chi connectivity index (χ1n) is 8.14. The van der Waals surface area contributed by atoms with Crippen LogP contribution in [-0.4, -0.2) is 26.4 Å². The number of hydrogen-bond donors (Lipinski definition) is 1. The maximum atomic E-state index is 12.7. The third kappa shape index (κ3) is 5.00. The first kappa shape index (κ1) is 20.3. The lowest BCUT2D eigenvalue weighted by molar-refractivity contribution is -0.137. The summed E-state index contributed by atoms with van der Waals surface area (Å²) in [6.07, 6.45) is -4.45. The van der Waals surface area contributed by atoms with Gasteiger partial charge in [-0.3, -0.25) is 4.79 Å². The Kier molecular flexibility index (Phi) is 6.33. The van der Waals surface area contributed by atoms with Crippen LogP contribution in [0.2, 0.25) is 0 Å². The highest BCUT2D eigenvalue weighted by molar-refractivity contribution is 7.99. The number of anilines is 1. The minimum atomic E-state index is -4.45. The van der Waals surface area contributed by atoms with E-state index in [-0.39, 0.29) is 23.4 Å². The molecule has 1 amide bonds. The highest BCUT2D eigenvalue weighted by Gasteiger charge is 2.30. The summed E-state index contributed by atoms with van der Waals surface area (Å²) in [5, 5.41) is 11.4. The van der Waals surface area contributed by atoms with Gasteiger partial charge in [0, 0.05) is 17.6 Å². The van der Waals surface area contributed by atoms with E-state index in [0.717, 1.165) is 18.0 Å². The van der Waals surface area contributed by atoms with E-state index in [4.69, 9.17) is 0 Å². The minimum absolute atomic E-state index is 0.0270. The molecule has 0 aliphatic carbocycles. The standard InChI is InChI=1S/C17H21F3N4OS/c1-10(2)15-22-23-16(24(15)11(3)4)26-9-14(25)21-13-7-5-6-12(8-13)17(18,19)20/h5-8,10-11H,9H2,1-4H3,(H,21,25). The van der Waals surface area contributed by atoms with Gasteiger partial charge < -0.3 is 9.88 Å². The molecule has 2 aromatic rings. The number of halogens is 3. The summed E-state index contributed by atoms with van der Waals surface area (Å²) in [6, 6.07) is 4.69. The number of benzene rings is 1. The number of nitrogens with one attached hydrogen (secondary N) is 1. The molecule has 1 N–H and O–H groups in total. The number of thioether (sulfide) groups is 1. The fourth-order valence-corrected chi connectivity index (χ4v) is 3.24. The average molecular weight is 386 g/mol. The summed E-state index contributed by atoms with van der Waals surface area (Å²) in [4.78, 5) is 12.1. The molecule has 0 saturated carbocycles. The normalized spacial score (nSPS) is 12.0. The van der Waals surface area contributed by atoms with Gasteiger partial charge in [-0.05, 0) is 32.0 Å². The molecular weight excluding hydrogens is 365 g/mol. The SMILES string of the molecule is CC(C)c1nnc(SCC(=O)Nc2cccc(C(F)(F)F)c2)n1C(C)C. The molecule has 5 nitrogen and oxygen atoms in total. The summed E-state index contributed by atoms with van der Waals surface area (Å²) in [5.74, 6) is 0.650. The van der Waals surface area contributed by atoms with Crippen LogP contribution in [0.4, 0.5) is 18.9 Å². The zero-order chi connectivity index (χ0) is 19.5.